The highest BCUT2D eigenvalue weighted by Crippen LogP contribution is 2.20. The van der Waals surface area contributed by atoms with Gasteiger partial charge in [-0.25, -0.2) is 13.8 Å². The summed E-state index contributed by atoms with van der Waals surface area (Å²) in [7, 11) is 0. The highest BCUT2D eigenvalue weighted by molar-refractivity contribution is 6.31. The van der Waals surface area contributed by atoms with Gasteiger partial charge in [0.1, 0.15) is 17.3 Å². The molecule has 4 nitrogen and oxygen atoms in total. The van der Waals surface area contributed by atoms with Crippen molar-refractivity contribution in [3.8, 4) is 0 Å². The molecule has 0 saturated heterocycles. The molecular formula is C18H14ClF2N3O. The fraction of sp³-hybridized carbons (Fsp3) is 0.111. The highest BCUT2D eigenvalue weighted by atomic mass is 35.5. The van der Waals surface area contributed by atoms with E-state index in [2.05, 4.69) is 10.3 Å². The Bertz CT molecular complexity index is 968. The molecule has 3 rings (SSSR count). The zero-order valence-corrected chi connectivity index (χ0v) is 14.0. The predicted molar refractivity (Wildman–Crippen MR) is 92.2 cm³/mol. The second-order valence-electron chi connectivity index (χ2n) is 5.45. The lowest BCUT2D eigenvalue weighted by Crippen LogP contribution is -2.25. The molecule has 0 fully saturated rings. The van der Waals surface area contributed by atoms with Crippen LogP contribution in [0, 0.1) is 11.6 Å². The largest absolute Gasteiger partial charge is 0.346 e. The fourth-order valence-corrected chi connectivity index (χ4v) is 2.72. The third kappa shape index (κ3) is 3.69. The maximum Gasteiger partial charge on any atom is 0.244 e. The molecule has 1 aromatic carbocycles. The van der Waals surface area contributed by atoms with E-state index < -0.39 is 23.6 Å². The number of amides is 1. The molecule has 0 aliphatic heterocycles. The fourth-order valence-electron chi connectivity index (χ4n) is 2.48. The van der Waals surface area contributed by atoms with Crippen LogP contribution in [0.25, 0.3) is 11.7 Å². The van der Waals surface area contributed by atoms with Crippen molar-refractivity contribution in [1.29, 1.82) is 0 Å². The number of imidazole rings is 1. The molecule has 0 saturated carbocycles. The Labute approximate surface area is 147 Å². The predicted octanol–water partition coefficient (Wildman–Crippen LogP) is 4.16. The van der Waals surface area contributed by atoms with Crippen LogP contribution in [-0.4, -0.2) is 15.3 Å². The van der Waals surface area contributed by atoms with Crippen LogP contribution in [0.5, 0.6) is 0 Å². The molecule has 1 N–H and O–H groups in total. The lowest BCUT2D eigenvalue weighted by molar-refractivity contribution is -0.117. The Balaban J connectivity index is 1.75. The van der Waals surface area contributed by atoms with Gasteiger partial charge in [-0.05, 0) is 31.2 Å². The third-order valence-electron chi connectivity index (χ3n) is 3.70. The van der Waals surface area contributed by atoms with Crippen molar-refractivity contribution in [3.63, 3.8) is 0 Å². The van der Waals surface area contributed by atoms with E-state index in [0.717, 1.165) is 12.1 Å². The topological polar surface area (TPSA) is 46.4 Å². The van der Waals surface area contributed by atoms with E-state index in [1.165, 1.54) is 18.2 Å². The Morgan fingerprint density at radius 3 is 2.88 bits per heavy atom. The van der Waals surface area contributed by atoms with E-state index in [0.29, 0.717) is 11.3 Å². The second-order valence-corrected chi connectivity index (χ2v) is 5.80. The summed E-state index contributed by atoms with van der Waals surface area (Å²) < 4.78 is 28.5. The monoisotopic (exact) mass is 361 g/mol. The van der Waals surface area contributed by atoms with E-state index in [9.17, 15) is 13.6 Å². The quantitative estimate of drug-likeness (QED) is 0.709. The number of fused-ring (bicyclic) bond motifs is 1. The number of hydrogen-bond donors (Lipinski definition) is 1. The van der Waals surface area contributed by atoms with Crippen LogP contribution in [0.1, 0.15) is 24.2 Å². The minimum atomic E-state index is -0.707. The van der Waals surface area contributed by atoms with Crippen molar-refractivity contribution < 1.29 is 13.6 Å². The van der Waals surface area contributed by atoms with Gasteiger partial charge in [0.25, 0.3) is 0 Å². The van der Waals surface area contributed by atoms with Gasteiger partial charge in [0.2, 0.25) is 5.91 Å². The highest BCUT2D eigenvalue weighted by Gasteiger charge is 2.13. The molecule has 0 unspecified atom stereocenters. The first-order valence-electron chi connectivity index (χ1n) is 7.52. The van der Waals surface area contributed by atoms with E-state index in [1.54, 1.807) is 23.6 Å². The number of hydrogen-bond acceptors (Lipinski definition) is 2. The molecule has 25 heavy (non-hydrogen) atoms. The van der Waals surface area contributed by atoms with Gasteiger partial charge < -0.3 is 5.32 Å². The first-order valence-corrected chi connectivity index (χ1v) is 7.89. The molecule has 1 atom stereocenters. The maximum atomic E-state index is 13.7. The van der Waals surface area contributed by atoms with Crippen LogP contribution in [-0.2, 0) is 4.79 Å². The van der Waals surface area contributed by atoms with Crippen LogP contribution in [0.4, 0.5) is 8.78 Å². The van der Waals surface area contributed by atoms with E-state index in [-0.39, 0.29) is 10.7 Å². The number of nitrogens with zero attached hydrogens (tertiary/aromatic N) is 2. The molecule has 0 bridgehead atoms. The zero-order valence-electron chi connectivity index (χ0n) is 13.2. The summed E-state index contributed by atoms with van der Waals surface area (Å²) in [5.74, 6) is -1.80. The summed E-state index contributed by atoms with van der Waals surface area (Å²) >= 11 is 6.09. The number of carbonyl (C=O) groups is 1. The summed E-state index contributed by atoms with van der Waals surface area (Å²) in [6.07, 6.45) is 4.61. The number of halogens is 3. The summed E-state index contributed by atoms with van der Waals surface area (Å²) in [5, 5.41) is 2.90. The van der Waals surface area contributed by atoms with E-state index in [1.807, 2.05) is 12.1 Å². The standard InChI is InChI=1S/C18H14ClF2N3O/c1-11(13-6-5-12(20)10-14(13)21)22-17(25)8-7-15-18(19)23-16-4-2-3-9-24(15)16/h2-11H,1H3,(H,22,25)/b8-7+/t11-/m0/s1. The van der Waals surface area contributed by atoms with E-state index >= 15 is 0 Å². The molecule has 0 aliphatic rings. The molecule has 3 aromatic rings. The average molecular weight is 362 g/mol. The summed E-state index contributed by atoms with van der Waals surface area (Å²) in [5.41, 5.74) is 1.43. The van der Waals surface area contributed by atoms with Crippen molar-refractivity contribution in [2.45, 2.75) is 13.0 Å². The van der Waals surface area contributed by atoms with Crippen LogP contribution in [0.3, 0.4) is 0 Å². The smallest absolute Gasteiger partial charge is 0.244 e. The number of benzene rings is 1. The van der Waals surface area contributed by atoms with Gasteiger partial charge >= 0.3 is 0 Å². The van der Waals surface area contributed by atoms with Crippen molar-refractivity contribution in [2.75, 3.05) is 0 Å². The number of aromatic nitrogens is 2. The molecule has 1 amide bonds. The molecular weight excluding hydrogens is 348 g/mol. The van der Waals surface area contributed by atoms with Gasteiger partial charge in [-0.1, -0.05) is 23.7 Å². The number of rotatable bonds is 4. The van der Waals surface area contributed by atoms with Crippen molar-refractivity contribution >= 4 is 29.2 Å². The lowest BCUT2D eigenvalue weighted by Gasteiger charge is -2.13. The normalized spacial score (nSPS) is 12.6. The van der Waals surface area contributed by atoms with E-state index in [4.69, 9.17) is 11.6 Å². The van der Waals surface area contributed by atoms with Gasteiger partial charge in [-0.15, -0.1) is 0 Å². The number of pyridine rings is 1. The van der Waals surface area contributed by atoms with Crippen LogP contribution in [0.2, 0.25) is 5.15 Å². The van der Waals surface area contributed by atoms with Crippen LogP contribution < -0.4 is 5.32 Å². The van der Waals surface area contributed by atoms with Crippen LogP contribution in [0.15, 0.2) is 48.7 Å². The SMILES string of the molecule is C[C@H](NC(=O)/C=C/c1c(Cl)nc2ccccn12)c1ccc(F)cc1F. The van der Waals surface area contributed by atoms with Crippen molar-refractivity contribution in [3.05, 3.63) is 76.7 Å². The van der Waals surface area contributed by atoms with Gasteiger partial charge in [0.05, 0.1) is 11.7 Å². The summed E-state index contributed by atoms with van der Waals surface area (Å²) in [6, 6.07) is 8.07. The van der Waals surface area contributed by atoms with Crippen molar-refractivity contribution in [1.82, 2.24) is 14.7 Å². The minimum absolute atomic E-state index is 0.205. The number of nitrogens with one attached hydrogen (secondary N) is 1. The Kier molecular flexibility index (Phi) is 4.81. The average Bonchev–Trinajstić information content (AvgIpc) is 2.88. The summed E-state index contributed by atoms with van der Waals surface area (Å²) in [4.78, 5) is 16.3. The number of carbonyl (C=O) groups excluding carboxylic acids is 1. The molecule has 0 spiro atoms. The van der Waals surface area contributed by atoms with Crippen LogP contribution >= 0.6 is 11.6 Å². The second kappa shape index (κ2) is 7.03. The minimum Gasteiger partial charge on any atom is -0.346 e. The third-order valence-corrected chi connectivity index (χ3v) is 3.98. The lowest BCUT2D eigenvalue weighted by atomic mass is 10.1. The zero-order chi connectivity index (χ0) is 18.0. The maximum absolute atomic E-state index is 13.7. The Morgan fingerprint density at radius 1 is 1.32 bits per heavy atom. The van der Waals surface area contributed by atoms with Gasteiger partial charge in [-0.3, -0.25) is 9.20 Å². The first-order chi connectivity index (χ1) is 12.0. The van der Waals surface area contributed by atoms with Gasteiger partial charge in [-0.2, -0.15) is 0 Å². The molecule has 128 valence electrons. The Morgan fingerprint density at radius 2 is 2.12 bits per heavy atom. The molecule has 0 radical (unpaired) electrons. The molecule has 7 heteroatoms. The first kappa shape index (κ1) is 17.1. The van der Waals surface area contributed by atoms with Crippen molar-refractivity contribution in [2.24, 2.45) is 0 Å². The molecule has 0 aliphatic carbocycles. The van der Waals surface area contributed by atoms with Gasteiger partial charge in [0, 0.05) is 23.9 Å². The summed E-state index contributed by atoms with van der Waals surface area (Å²) in [6.45, 7) is 1.61. The molecule has 2 aromatic heterocycles. The molecule has 2 heterocycles. The van der Waals surface area contributed by atoms with Gasteiger partial charge in [0.15, 0.2) is 5.15 Å². The Hall–Kier alpha value is -2.73.